The molecule has 0 bridgehead atoms. The second-order valence-electron chi connectivity index (χ2n) is 5.61. The zero-order valence-electron chi connectivity index (χ0n) is 13.4. The first-order chi connectivity index (χ1) is 12.0. The van der Waals surface area contributed by atoms with Crippen molar-refractivity contribution in [3.63, 3.8) is 0 Å². The summed E-state index contributed by atoms with van der Waals surface area (Å²) in [5.41, 5.74) is 5.79. The van der Waals surface area contributed by atoms with Crippen LogP contribution in [0.15, 0.2) is 35.1 Å². The number of benzene rings is 2. The van der Waals surface area contributed by atoms with E-state index in [1.165, 1.54) is 22.8 Å². The van der Waals surface area contributed by atoms with E-state index < -0.39 is 17.2 Å². The first kappa shape index (κ1) is 16.7. The van der Waals surface area contributed by atoms with Gasteiger partial charge in [-0.05, 0) is 43.3 Å². The van der Waals surface area contributed by atoms with Crippen LogP contribution in [0.4, 0.5) is 8.78 Å². The minimum Gasteiger partial charge on any atom is -0.330 e. The standard InChI is InChI=1S/C18H14F2N4O/c1-10-2-3-14(20)17-16(10)18(25)24(15(23-17)4-5-21)13-7-11(9-22)6-12(19)8-13/h2-3,6-8H,4-5,21H2,1H3. The number of nitriles is 1. The predicted octanol–water partition coefficient (Wildman–Crippen LogP) is 2.35. The molecule has 0 aliphatic carbocycles. The summed E-state index contributed by atoms with van der Waals surface area (Å²) in [6, 6.07) is 8.16. The van der Waals surface area contributed by atoms with Crippen LogP contribution in [0.2, 0.25) is 0 Å². The van der Waals surface area contributed by atoms with E-state index in [1.54, 1.807) is 6.92 Å². The zero-order valence-corrected chi connectivity index (χ0v) is 13.4. The third-order valence-corrected chi connectivity index (χ3v) is 3.89. The molecule has 0 unspecified atom stereocenters. The first-order valence-corrected chi connectivity index (χ1v) is 7.58. The van der Waals surface area contributed by atoms with Crippen LogP contribution in [0.1, 0.15) is 17.0 Å². The Morgan fingerprint density at radius 2 is 2.04 bits per heavy atom. The lowest BCUT2D eigenvalue weighted by Crippen LogP contribution is -2.26. The Hall–Kier alpha value is -3.11. The molecule has 0 amide bonds. The molecule has 1 aromatic heterocycles. The summed E-state index contributed by atoms with van der Waals surface area (Å²) in [5, 5.41) is 9.15. The Kier molecular flexibility index (Phi) is 4.30. The van der Waals surface area contributed by atoms with Gasteiger partial charge in [-0.15, -0.1) is 0 Å². The minimum absolute atomic E-state index is 0.0402. The molecule has 0 radical (unpaired) electrons. The molecule has 1 heterocycles. The fraction of sp³-hybridized carbons (Fsp3) is 0.167. The van der Waals surface area contributed by atoms with Crippen LogP contribution >= 0.6 is 0 Å². The summed E-state index contributed by atoms with van der Waals surface area (Å²) in [5.74, 6) is -1.06. The fourth-order valence-corrected chi connectivity index (χ4v) is 2.78. The van der Waals surface area contributed by atoms with E-state index >= 15 is 0 Å². The van der Waals surface area contributed by atoms with Crippen molar-refractivity contribution < 1.29 is 8.78 Å². The van der Waals surface area contributed by atoms with Crippen molar-refractivity contribution in [3.8, 4) is 11.8 Å². The van der Waals surface area contributed by atoms with E-state index in [9.17, 15) is 13.6 Å². The Morgan fingerprint density at radius 1 is 1.28 bits per heavy atom. The second-order valence-corrected chi connectivity index (χ2v) is 5.61. The summed E-state index contributed by atoms with van der Waals surface area (Å²) in [4.78, 5) is 17.3. The number of nitrogens with zero attached hydrogens (tertiary/aromatic N) is 3. The molecule has 0 fully saturated rings. The summed E-state index contributed by atoms with van der Waals surface area (Å²) < 4.78 is 29.2. The number of rotatable bonds is 3. The highest BCUT2D eigenvalue weighted by molar-refractivity contribution is 5.82. The molecule has 0 saturated heterocycles. The Balaban J connectivity index is 2.46. The molecule has 0 aliphatic heterocycles. The quantitative estimate of drug-likeness (QED) is 0.793. The molecule has 2 N–H and O–H groups in total. The molecule has 2 aromatic carbocycles. The van der Waals surface area contributed by atoms with Crippen molar-refractivity contribution in [2.75, 3.05) is 6.54 Å². The van der Waals surface area contributed by atoms with Crippen molar-refractivity contribution in [2.24, 2.45) is 5.73 Å². The average molecular weight is 340 g/mol. The Morgan fingerprint density at radius 3 is 2.72 bits per heavy atom. The maximum atomic E-state index is 14.1. The van der Waals surface area contributed by atoms with Gasteiger partial charge in [0.1, 0.15) is 23.0 Å². The maximum absolute atomic E-state index is 14.1. The van der Waals surface area contributed by atoms with Crippen LogP contribution in [-0.2, 0) is 6.42 Å². The summed E-state index contributed by atoms with van der Waals surface area (Å²) >= 11 is 0. The molecule has 0 spiro atoms. The third-order valence-electron chi connectivity index (χ3n) is 3.89. The van der Waals surface area contributed by atoms with E-state index in [1.807, 2.05) is 6.07 Å². The molecular weight excluding hydrogens is 326 g/mol. The van der Waals surface area contributed by atoms with Crippen molar-refractivity contribution in [2.45, 2.75) is 13.3 Å². The Bertz CT molecular complexity index is 1080. The number of hydrogen-bond acceptors (Lipinski definition) is 4. The Labute approximate surface area is 142 Å². The first-order valence-electron chi connectivity index (χ1n) is 7.58. The van der Waals surface area contributed by atoms with Crippen LogP contribution < -0.4 is 11.3 Å². The summed E-state index contributed by atoms with van der Waals surface area (Å²) in [7, 11) is 0. The average Bonchev–Trinajstić information content (AvgIpc) is 2.57. The molecule has 3 aromatic rings. The molecule has 5 nitrogen and oxygen atoms in total. The molecule has 0 aliphatic rings. The van der Waals surface area contributed by atoms with Gasteiger partial charge in [0.15, 0.2) is 0 Å². The van der Waals surface area contributed by atoms with Crippen LogP contribution in [0, 0.1) is 29.9 Å². The smallest absolute Gasteiger partial charge is 0.266 e. The number of fused-ring (bicyclic) bond motifs is 1. The summed E-state index contributed by atoms with van der Waals surface area (Å²) in [6.07, 6.45) is 0.191. The highest BCUT2D eigenvalue weighted by Gasteiger charge is 2.17. The molecule has 126 valence electrons. The molecule has 0 saturated carbocycles. The van der Waals surface area contributed by atoms with Gasteiger partial charge in [-0.1, -0.05) is 6.07 Å². The lowest BCUT2D eigenvalue weighted by atomic mass is 10.1. The highest BCUT2D eigenvalue weighted by Crippen LogP contribution is 2.20. The van der Waals surface area contributed by atoms with Gasteiger partial charge in [-0.25, -0.2) is 13.8 Å². The van der Waals surface area contributed by atoms with E-state index in [0.29, 0.717) is 5.56 Å². The molecule has 0 atom stereocenters. The molecule has 3 rings (SSSR count). The van der Waals surface area contributed by atoms with Crippen LogP contribution in [0.5, 0.6) is 0 Å². The number of nitrogens with two attached hydrogens (primary N) is 1. The van der Waals surface area contributed by atoms with Crippen molar-refractivity contribution in [3.05, 3.63) is 69.3 Å². The fourth-order valence-electron chi connectivity index (χ4n) is 2.78. The van der Waals surface area contributed by atoms with Gasteiger partial charge in [-0.3, -0.25) is 9.36 Å². The van der Waals surface area contributed by atoms with Crippen LogP contribution in [0.3, 0.4) is 0 Å². The van der Waals surface area contributed by atoms with Gasteiger partial charge < -0.3 is 5.73 Å². The third kappa shape index (κ3) is 2.88. The van der Waals surface area contributed by atoms with E-state index in [0.717, 1.165) is 12.1 Å². The van der Waals surface area contributed by atoms with E-state index in [-0.39, 0.29) is 40.9 Å². The lowest BCUT2D eigenvalue weighted by molar-refractivity contribution is 0.623. The van der Waals surface area contributed by atoms with E-state index in [4.69, 9.17) is 11.0 Å². The van der Waals surface area contributed by atoms with Gasteiger partial charge in [0.25, 0.3) is 5.56 Å². The van der Waals surface area contributed by atoms with Crippen molar-refractivity contribution in [1.29, 1.82) is 5.26 Å². The number of halogens is 2. The number of aromatic nitrogens is 2. The predicted molar refractivity (Wildman–Crippen MR) is 89.5 cm³/mol. The topological polar surface area (TPSA) is 84.7 Å². The number of hydrogen-bond donors (Lipinski definition) is 1. The minimum atomic E-state index is -0.657. The maximum Gasteiger partial charge on any atom is 0.266 e. The SMILES string of the molecule is Cc1ccc(F)c2nc(CCN)n(-c3cc(F)cc(C#N)c3)c(=O)c12. The number of aryl methyl sites for hydroxylation is 1. The monoisotopic (exact) mass is 340 g/mol. The lowest BCUT2D eigenvalue weighted by Gasteiger charge is -2.15. The largest absolute Gasteiger partial charge is 0.330 e. The normalized spacial score (nSPS) is 10.8. The molecule has 25 heavy (non-hydrogen) atoms. The van der Waals surface area contributed by atoms with Gasteiger partial charge in [0.05, 0.1) is 22.7 Å². The summed E-state index contributed by atoms with van der Waals surface area (Å²) in [6.45, 7) is 1.84. The molecule has 7 heteroatoms. The van der Waals surface area contributed by atoms with Gasteiger partial charge in [-0.2, -0.15) is 5.26 Å². The van der Waals surface area contributed by atoms with E-state index in [2.05, 4.69) is 4.98 Å². The second kappa shape index (κ2) is 6.42. The highest BCUT2D eigenvalue weighted by atomic mass is 19.1. The molecular formula is C18H14F2N4O. The van der Waals surface area contributed by atoms with Crippen LogP contribution in [0.25, 0.3) is 16.6 Å². The van der Waals surface area contributed by atoms with Crippen molar-refractivity contribution in [1.82, 2.24) is 9.55 Å². The van der Waals surface area contributed by atoms with Crippen molar-refractivity contribution >= 4 is 10.9 Å². The van der Waals surface area contributed by atoms with Crippen LogP contribution in [-0.4, -0.2) is 16.1 Å². The van der Waals surface area contributed by atoms with Gasteiger partial charge in [0, 0.05) is 6.42 Å². The van der Waals surface area contributed by atoms with Gasteiger partial charge in [0.2, 0.25) is 0 Å². The zero-order chi connectivity index (χ0) is 18.1. The van der Waals surface area contributed by atoms with Gasteiger partial charge >= 0.3 is 0 Å².